The van der Waals surface area contributed by atoms with E-state index >= 15 is 0 Å². The summed E-state index contributed by atoms with van der Waals surface area (Å²) in [7, 11) is 0.0248. The van der Waals surface area contributed by atoms with E-state index in [1.807, 2.05) is 24.3 Å². The molecule has 0 aromatic heterocycles. The molecule has 0 heterocycles. The Morgan fingerprint density at radius 2 is 1.27 bits per heavy atom. The number of benzene rings is 1. The summed E-state index contributed by atoms with van der Waals surface area (Å²) in [6.45, 7) is 17.6. The van der Waals surface area contributed by atoms with Crippen molar-refractivity contribution in [3.8, 4) is 0 Å². The van der Waals surface area contributed by atoms with Crippen molar-refractivity contribution in [1.82, 2.24) is 9.34 Å². The van der Waals surface area contributed by atoms with Crippen molar-refractivity contribution in [3.05, 3.63) is 41.3 Å². The van der Waals surface area contributed by atoms with Gasteiger partial charge in [0.1, 0.15) is 0 Å². The normalized spacial score (nSPS) is 11.4. The van der Waals surface area contributed by atoms with Crippen LogP contribution in [0.2, 0.25) is 0 Å². The molecule has 1 aromatic carbocycles. The number of hydrogen-bond donors (Lipinski definition) is 1. The second-order valence-corrected chi connectivity index (χ2v) is 8.95. The van der Waals surface area contributed by atoms with Crippen LogP contribution in [0.3, 0.4) is 0 Å². The average molecular weight is 457 g/mol. The van der Waals surface area contributed by atoms with E-state index in [-0.39, 0.29) is 26.2 Å². The fraction of sp³-hybridized carbons (Fsp3) is 0.650. The van der Waals surface area contributed by atoms with Crippen LogP contribution in [-0.4, -0.2) is 51.2 Å². The van der Waals surface area contributed by atoms with Gasteiger partial charge in [-0.1, -0.05) is 0 Å². The van der Waals surface area contributed by atoms with Crippen LogP contribution in [0.4, 0.5) is 0 Å². The van der Waals surface area contributed by atoms with Crippen molar-refractivity contribution in [2.75, 3.05) is 7.11 Å². The Balaban J connectivity index is 0. The minimum Gasteiger partial charge on any atom is -0.853 e. The zero-order valence-electron chi connectivity index (χ0n) is 17.9. The molecule has 0 saturated heterocycles. The fourth-order valence-corrected chi connectivity index (χ4v) is 5.83. The molecular formula is C20H36N3OPZr. The molecule has 0 bridgehead atoms. The minimum atomic E-state index is -0.975. The van der Waals surface area contributed by atoms with Crippen LogP contribution in [0.5, 0.6) is 0 Å². The molecule has 0 aliphatic heterocycles. The van der Waals surface area contributed by atoms with Gasteiger partial charge in [0.2, 0.25) is 0 Å². The van der Waals surface area contributed by atoms with Gasteiger partial charge in [-0.15, -0.1) is 30.3 Å². The fourth-order valence-electron chi connectivity index (χ4n) is 3.05. The molecular weight excluding hydrogens is 420 g/mol. The largest absolute Gasteiger partial charge is 2.00 e. The molecule has 146 valence electrons. The van der Waals surface area contributed by atoms with E-state index in [1.54, 1.807) is 0 Å². The topological polar surface area (TPSA) is 49.0 Å². The van der Waals surface area contributed by atoms with Crippen LogP contribution < -0.4 is 0 Å². The second-order valence-electron chi connectivity index (χ2n) is 7.02. The van der Waals surface area contributed by atoms with E-state index in [0.717, 1.165) is 12.7 Å². The summed E-state index contributed by atoms with van der Waals surface area (Å²) in [5, 5.41) is 18.1. The number of aliphatic hydroxyl groups is 1. The summed E-state index contributed by atoms with van der Waals surface area (Å²) in [5.74, 6) is 0. The average Bonchev–Trinajstić information content (AvgIpc) is 2.54. The molecule has 0 aliphatic carbocycles. The van der Waals surface area contributed by atoms with E-state index < -0.39 is 8.22 Å². The van der Waals surface area contributed by atoms with Crippen LogP contribution in [0, 0.1) is 6.07 Å². The zero-order valence-corrected chi connectivity index (χ0v) is 21.2. The van der Waals surface area contributed by atoms with Gasteiger partial charge in [0.25, 0.3) is 0 Å². The summed E-state index contributed by atoms with van der Waals surface area (Å²) in [4.78, 5) is 0. The third kappa shape index (κ3) is 7.99. The van der Waals surface area contributed by atoms with Gasteiger partial charge in [-0.3, -0.25) is 9.34 Å². The van der Waals surface area contributed by atoms with Crippen molar-refractivity contribution in [3.63, 3.8) is 0 Å². The first kappa shape index (κ1) is 28.3. The van der Waals surface area contributed by atoms with Gasteiger partial charge >= 0.3 is 26.2 Å². The molecule has 26 heavy (non-hydrogen) atoms. The maximum absolute atomic E-state index is 11.1. The molecule has 0 fully saturated rings. The number of hydrogen-bond acceptors (Lipinski definition) is 3. The number of rotatable bonds is 8. The van der Waals surface area contributed by atoms with E-state index in [4.69, 9.17) is 5.11 Å². The molecule has 4 nitrogen and oxygen atoms in total. The first-order chi connectivity index (χ1) is 11.7. The van der Waals surface area contributed by atoms with E-state index in [2.05, 4.69) is 70.8 Å². The molecule has 0 saturated carbocycles. The van der Waals surface area contributed by atoms with E-state index in [0.29, 0.717) is 29.6 Å². The third-order valence-electron chi connectivity index (χ3n) is 3.69. The molecule has 0 unspecified atom stereocenters. The van der Waals surface area contributed by atoms with Gasteiger partial charge in [0, 0.05) is 39.5 Å². The van der Waals surface area contributed by atoms with Gasteiger partial charge in [0.05, 0.1) is 0 Å². The molecule has 0 radical (unpaired) electrons. The molecule has 0 amide bonds. The Labute approximate surface area is 181 Å². The van der Waals surface area contributed by atoms with Crippen LogP contribution in [0.25, 0.3) is 5.41 Å². The maximum atomic E-state index is 11.1. The molecule has 1 rings (SSSR count). The van der Waals surface area contributed by atoms with Gasteiger partial charge in [-0.25, -0.2) is 5.45 Å². The molecule has 6 heteroatoms. The number of aliphatic hydroxyl groups excluding tert-OH is 1. The SMILES string of the molecule is CC(C)N(C(C)C)P(C(=[N-])c1[c-]cccc1)N(C(C)C)C(C)C.CO.[Zr+2]. The summed E-state index contributed by atoms with van der Waals surface area (Å²) in [6.07, 6.45) is 0. The predicted octanol–water partition coefficient (Wildman–Crippen LogP) is 4.96. The molecule has 0 atom stereocenters. The van der Waals surface area contributed by atoms with Crippen molar-refractivity contribution in [2.24, 2.45) is 0 Å². The monoisotopic (exact) mass is 455 g/mol. The van der Waals surface area contributed by atoms with Gasteiger partial charge < -0.3 is 10.5 Å². The van der Waals surface area contributed by atoms with Crippen molar-refractivity contribution in [2.45, 2.75) is 79.6 Å². The molecule has 0 spiro atoms. The van der Waals surface area contributed by atoms with Gasteiger partial charge in [-0.05, 0) is 55.4 Å². The summed E-state index contributed by atoms with van der Waals surface area (Å²) < 4.78 is 4.87. The first-order valence-corrected chi connectivity index (χ1v) is 10.3. The van der Waals surface area contributed by atoms with Gasteiger partial charge in [-0.2, -0.15) is 5.56 Å². The molecule has 1 N–H and O–H groups in total. The quantitative estimate of drug-likeness (QED) is 0.342. The summed E-state index contributed by atoms with van der Waals surface area (Å²) in [5.41, 5.74) is 1.25. The summed E-state index contributed by atoms with van der Waals surface area (Å²) in [6, 6.07) is 12.3. The van der Waals surface area contributed by atoms with E-state index in [1.165, 1.54) is 0 Å². The number of nitrogens with zero attached hydrogens (tertiary/aromatic N) is 3. The Morgan fingerprint density at radius 1 is 0.885 bits per heavy atom. The van der Waals surface area contributed by atoms with Gasteiger partial charge in [0.15, 0.2) is 0 Å². The maximum Gasteiger partial charge on any atom is 2.00 e. The predicted molar refractivity (Wildman–Crippen MR) is 112 cm³/mol. The Hall–Kier alpha value is 0.0831. The first-order valence-electron chi connectivity index (χ1n) is 9.02. The smallest absolute Gasteiger partial charge is 0.853 e. The third-order valence-corrected chi connectivity index (χ3v) is 7.04. The van der Waals surface area contributed by atoms with Crippen molar-refractivity contribution < 1.29 is 31.3 Å². The van der Waals surface area contributed by atoms with Crippen molar-refractivity contribution in [1.29, 1.82) is 0 Å². The van der Waals surface area contributed by atoms with Crippen molar-refractivity contribution >= 4 is 13.7 Å². The van der Waals surface area contributed by atoms with E-state index in [9.17, 15) is 5.41 Å². The minimum absolute atomic E-state index is 0. The molecule has 1 aromatic rings. The van der Waals surface area contributed by atoms with Crippen LogP contribution in [0.1, 0.15) is 61.0 Å². The Bertz CT molecular complexity index is 459. The Morgan fingerprint density at radius 3 is 1.54 bits per heavy atom. The van der Waals surface area contributed by atoms with Crippen LogP contribution in [0.15, 0.2) is 24.3 Å². The second kappa shape index (κ2) is 14.1. The molecule has 0 aliphatic rings. The Kier molecular flexibility index (Phi) is 15.4. The zero-order chi connectivity index (χ0) is 19.7. The van der Waals surface area contributed by atoms with Crippen LogP contribution in [-0.2, 0) is 26.2 Å². The summed E-state index contributed by atoms with van der Waals surface area (Å²) >= 11 is 0. The van der Waals surface area contributed by atoms with Crippen LogP contribution >= 0.6 is 8.22 Å². The standard InChI is InChI=1S/C19H32N3P.CH4O.Zr/c1-14(2)21(15(3)4)23(22(16(5)6)17(7)8)19(20)18-12-10-9-11-13-18;1-2;/h9-12,14-17H,1-8H3;2H,1H3;/q-2;;+2.